The van der Waals surface area contributed by atoms with Crippen LogP contribution in [0.5, 0.6) is 0 Å². The van der Waals surface area contributed by atoms with E-state index in [1.807, 2.05) is 0 Å². The highest BCUT2D eigenvalue weighted by Crippen LogP contribution is 2.31. The van der Waals surface area contributed by atoms with Crippen molar-refractivity contribution in [2.75, 3.05) is 0 Å². The molecule has 2 rings (SSSR count). The Morgan fingerprint density at radius 2 is 2.10 bits per heavy atom. The van der Waals surface area contributed by atoms with Crippen LogP contribution < -0.4 is 0 Å². The molecule has 1 aromatic heterocycles. The molecule has 0 fully saturated rings. The lowest BCUT2D eigenvalue weighted by Gasteiger charge is -2.07. The number of carboxylic acids is 1. The van der Waals surface area contributed by atoms with Crippen LogP contribution in [0.4, 0.5) is 4.39 Å². The molecule has 5 nitrogen and oxygen atoms in total. The fourth-order valence-corrected chi connectivity index (χ4v) is 2.55. The van der Waals surface area contributed by atoms with Crippen LogP contribution >= 0.6 is 11.8 Å². The largest absolute Gasteiger partial charge is 0.478 e. The van der Waals surface area contributed by atoms with E-state index in [4.69, 9.17) is 5.11 Å². The van der Waals surface area contributed by atoms with Crippen molar-refractivity contribution in [1.82, 2.24) is 10.2 Å². The van der Waals surface area contributed by atoms with E-state index in [1.54, 1.807) is 13.8 Å². The van der Waals surface area contributed by atoms with E-state index in [9.17, 15) is 14.4 Å². The number of aryl methyl sites for hydroxylation is 1. The van der Waals surface area contributed by atoms with Crippen molar-refractivity contribution in [1.29, 1.82) is 5.26 Å². The van der Waals surface area contributed by atoms with Gasteiger partial charge in [0.1, 0.15) is 16.9 Å². The van der Waals surface area contributed by atoms with E-state index in [0.29, 0.717) is 21.2 Å². The minimum Gasteiger partial charge on any atom is -0.478 e. The Balaban J connectivity index is 2.44. The second kappa shape index (κ2) is 5.89. The van der Waals surface area contributed by atoms with Crippen molar-refractivity contribution in [3.05, 3.63) is 46.4 Å². The maximum Gasteiger partial charge on any atom is 0.338 e. The number of nitrogens with zero attached hydrogens (tertiary/aromatic N) is 3. The van der Waals surface area contributed by atoms with Crippen LogP contribution in [0.15, 0.2) is 28.1 Å². The summed E-state index contributed by atoms with van der Waals surface area (Å²) in [6.45, 7) is 3.51. The number of aromatic carboxylic acids is 1. The molecular formula is C14H10FN3O2S. The maximum absolute atomic E-state index is 13.4. The van der Waals surface area contributed by atoms with Crippen LogP contribution in [0.25, 0.3) is 0 Å². The number of benzene rings is 1. The smallest absolute Gasteiger partial charge is 0.338 e. The molecule has 1 aromatic carbocycles. The number of hydrogen-bond donors (Lipinski definition) is 1. The van der Waals surface area contributed by atoms with Crippen molar-refractivity contribution < 1.29 is 14.3 Å². The topological polar surface area (TPSA) is 86.9 Å². The van der Waals surface area contributed by atoms with Gasteiger partial charge in [-0.15, -0.1) is 5.10 Å². The van der Waals surface area contributed by atoms with E-state index in [0.717, 1.165) is 23.4 Å². The molecule has 21 heavy (non-hydrogen) atoms. The molecule has 1 N–H and O–H groups in total. The van der Waals surface area contributed by atoms with Gasteiger partial charge in [0.25, 0.3) is 0 Å². The Bertz CT molecular complexity index is 772. The van der Waals surface area contributed by atoms with Gasteiger partial charge >= 0.3 is 5.97 Å². The predicted molar refractivity (Wildman–Crippen MR) is 73.7 cm³/mol. The number of rotatable bonds is 3. The third-order valence-corrected chi connectivity index (χ3v) is 3.89. The number of carboxylic acid groups (broad SMARTS) is 1. The highest BCUT2D eigenvalue weighted by atomic mass is 32.2. The number of hydrogen-bond acceptors (Lipinski definition) is 5. The second-order valence-electron chi connectivity index (χ2n) is 4.25. The van der Waals surface area contributed by atoms with E-state index in [2.05, 4.69) is 16.3 Å². The maximum atomic E-state index is 13.4. The summed E-state index contributed by atoms with van der Waals surface area (Å²) in [5.74, 6) is -2.15. The Labute approximate surface area is 124 Å². The standard InChI is InChI=1S/C14H10FN3O2S/c1-7-8(2)17-18-13(11(7)6-16)21-9-3-4-12(15)10(5-9)14(19)20/h3-5H,1-2H3,(H,19,20). The Morgan fingerprint density at radius 1 is 1.38 bits per heavy atom. The summed E-state index contributed by atoms with van der Waals surface area (Å²) >= 11 is 1.08. The minimum atomic E-state index is -1.35. The summed E-state index contributed by atoms with van der Waals surface area (Å²) < 4.78 is 13.4. The molecule has 106 valence electrons. The summed E-state index contributed by atoms with van der Waals surface area (Å²) in [4.78, 5) is 11.4. The van der Waals surface area contributed by atoms with Crippen molar-refractivity contribution in [2.24, 2.45) is 0 Å². The van der Waals surface area contributed by atoms with Crippen LogP contribution in [0.2, 0.25) is 0 Å². The van der Waals surface area contributed by atoms with E-state index in [1.165, 1.54) is 12.1 Å². The second-order valence-corrected chi connectivity index (χ2v) is 5.31. The first-order chi connectivity index (χ1) is 9.93. The first-order valence-corrected chi connectivity index (χ1v) is 6.70. The molecule has 0 aliphatic heterocycles. The Morgan fingerprint density at radius 3 is 2.71 bits per heavy atom. The van der Waals surface area contributed by atoms with Crippen molar-refractivity contribution >= 4 is 17.7 Å². The summed E-state index contributed by atoms with van der Waals surface area (Å²) in [7, 11) is 0. The van der Waals surface area contributed by atoms with Gasteiger partial charge in [-0.25, -0.2) is 9.18 Å². The van der Waals surface area contributed by atoms with Crippen molar-refractivity contribution in [3.8, 4) is 6.07 Å². The lowest BCUT2D eigenvalue weighted by molar-refractivity contribution is 0.0691. The first kappa shape index (κ1) is 14.9. The molecule has 0 bridgehead atoms. The molecule has 0 aliphatic carbocycles. The van der Waals surface area contributed by atoms with Crippen LogP contribution in [0.1, 0.15) is 27.2 Å². The van der Waals surface area contributed by atoms with Gasteiger partial charge in [-0.2, -0.15) is 10.4 Å². The zero-order chi connectivity index (χ0) is 15.6. The molecule has 0 spiro atoms. The van der Waals surface area contributed by atoms with Gasteiger partial charge in [-0.3, -0.25) is 0 Å². The zero-order valence-electron chi connectivity index (χ0n) is 11.2. The summed E-state index contributed by atoms with van der Waals surface area (Å²) in [6, 6.07) is 5.78. The summed E-state index contributed by atoms with van der Waals surface area (Å²) in [6.07, 6.45) is 0. The van der Waals surface area contributed by atoms with Gasteiger partial charge in [0.15, 0.2) is 0 Å². The highest BCUT2D eigenvalue weighted by Gasteiger charge is 2.15. The van der Waals surface area contributed by atoms with Crippen molar-refractivity contribution in [3.63, 3.8) is 0 Å². The zero-order valence-corrected chi connectivity index (χ0v) is 12.0. The predicted octanol–water partition coefficient (Wildman–Crippen LogP) is 2.95. The molecule has 0 atom stereocenters. The molecule has 0 radical (unpaired) electrons. The fourth-order valence-electron chi connectivity index (χ4n) is 1.63. The molecule has 0 unspecified atom stereocenters. The molecule has 0 saturated heterocycles. The lowest BCUT2D eigenvalue weighted by atomic mass is 10.1. The van der Waals surface area contributed by atoms with E-state index < -0.39 is 17.3 Å². The molecule has 0 saturated carbocycles. The van der Waals surface area contributed by atoms with Gasteiger partial charge < -0.3 is 5.11 Å². The van der Waals surface area contributed by atoms with Crippen LogP contribution in [-0.4, -0.2) is 21.3 Å². The minimum absolute atomic E-state index is 0.364. The number of aromatic nitrogens is 2. The van der Waals surface area contributed by atoms with Gasteiger partial charge in [-0.1, -0.05) is 11.8 Å². The SMILES string of the molecule is Cc1nnc(Sc2ccc(F)c(C(=O)O)c2)c(C#N)c1C. The van der Waals surface area contributed by atoms with Crippen molar-refractivity contribution in [2.45, 2.75) is 23.8 Å². The summed E-state index contributed by atoms with van der Waals surface area (Å²) in [5.41, 5.74) is 1.33. The Hall–Kier alpha value is -2.46. The van der Waals surface area contributed by atoms with Crippen LogP contribution in [0.3, 0.4) is 0 Å². The molecular weight excluding hydrogens is 293 g/mol. The monoisotopic (exact) mass is 303 g/mol. The van der Waals surface area contributed by atoms with Gasteiger partial charge in [0.2, 0.25) is 0 Å². The van der Waals surface area contributed by atoms with Crippen LogP contribution in [-0.2, 0) is 0 Å². The van der Waals surface area contributed by atoms with E-state index in [-0.39, 0.29) is 0 Å². The Kier molecular flexibility index (Phi) is 4.19. The quantitative estimate of drug-likeness (QED) is 0.938. The number of carbonyl (C=O) groups is 1. The van der Waals surface area contributed by atoms with Gasteiger partial charge in [-0.05, 0) is 37.6 Å². The number of nitriles is 1. The average Bonchev–Trinajstić information content (AvgIpc) is 2.45. The van der Waals surface area contributed by atoms with Gasteiger partial charge in [0, 0.05) is 4.90 Å². The normalized spacial score (nSPS) is 10.2. The first-order valence-electron chi connectivity index (χ1n) is 5.88. The molecule has 1 heterocycles. The number of halogens is 1. The van der Waals surface area contributed by atoms with Gasteiger partial charge in [0.05, 0.1) is 16.8 Å². The third kappa shape index (κ3) is 3.01. The third-order valence-electron chi connectivity index (χ3n) is 2.92. The van der Waals surface area contributed by atoms with E-state index >= 15 is 0 Å². The highest BCUT2D eigenvalue weighted by molar-refractivity contribution is 7.99. The van der Waals surface area contributed by atoms with Crippen LogP contribution in [0, 0.1) is 31.0 Å². The lowest BCUT2D eigenvalue weighted by Crippen LogP contribution is -2.01. The molecule has 2 aromatic rings. The molecule has 7 heteroatoms. The average molecular weight is 303 g/mol. The fraction of sp³-hybridized carbons (Fsp3) is 0.143. The summed E-state index contributed by atoms with van der Waals surface area (Å²) in [5, 5.41) is 26.4. The molecule has 0 aliphatic rings. The molecule has 0 amide bonds.